The molecule has 0 aliphatic rings. The van der Waals surface area contributed by atoms with Crippen molar-refractivity contribution in [3.05, 3.63) is 59.8 Å². The molecule has 21 heavy (non-hydrogen) atoms. The normalized spacial score (nSPS) is 11.1. The topological polar surface area (TPSA) is 37.8 Å². The predicted molar refractivity (Wildman–Crippen MR) is 89.7 cm³/mol. The third-order valence-corrected chi connectivity index (χ3v) is 4.66. The Bertz CT molecular complexity index is 948. The number of pyridine rings is 1. The Morgan fingerprint density at radius 3 is 2.76 bits per heavy atom. The number of nitrogens with zero attached hydrogens (tertiary/aromatic N) is 2. The molecule has 0 aliphatic carbocycles. The van der Waals surface area contributed by atoms with Gasteiger partial charge in [0.2, 0.25) is 0 Å². The van der Waals surface area contributed by atoms with Crippen LogP contribution in [0.1, 0.15) is 0 Å². The van der Waals surface area contributed by atoms with Crippen molar-refractivity contribution >= 4 is 54.9 Å². The van der Waals surface area contributed by atoms with E-state index in [0.29, 0.717) is 0 Å². The minimum absolute atomic E-state index is 0.731. The van der Waals surface area contributed by atoms with Gasteiger partial charge in [0, 0.05) is 5.39 Å². The molecular weight excluding hydrogens is 302 g/mol. The summed E-state index contributed by atoms with van der Waals surface area (Å²) in [4.78, 5) is 8.98. The maximum absolute atomic E-state index is 6.18. The van der Waals surface area contributed by atoms with Crippen LogP contribution in [-0.4, -0.2) is 9.97 Å². The molecular formula is C16H10ClN3S. The highest BCUT2D eigenvalue weighted by Gasteiger charge is 2.07. The van der Waals surface area contributed by atoms with Gasteiger partial charge in [-0.2, -0.15) is 0 Å². The number of aromatic nitrogens is 2. The summed E-state index contributed by atoms with van der Waals surface area (Å²) in [7, 11) is 0. The largest absolute Gasteiger partial charge is 0.330 e. The van der Waals surface area contributed by atoms with Gasteiger partial charge in [-0.1, -0.05) is 47.2 Å². The molecule has 2 heterocycles. The minimum Gasteiger partial charge on any atom is -0.330 e. The highest BCUT2D eigenvalue weighted by atomic mass is 35.5. The predicted octanol–water partition coefficient (Wildman–Crippen LogP) is 5.24. The molecule has 5 heteroatoms. The fourth-order valence-electron chi connectivity index (χ4n) is 2.23. The molecule has 2 aromatic carbocycles. The van der Waals surface area contributed by atoms with Crippen LogP contribution in [0.2, 0.25) is 5.02 Å². The molecule has 3 nitrogen and oxygen atoms in total. The molecule has 0 atom stereocenters. The first kappa shape index (κ1) is 12.6. The van der Waals surface area contributed by atoms with Gasteiger partial charge in [-0.15, -0.1) is 0 Å². The van der Waals surface area contributed by atoms with Crippen molar-refractivity contribution < 1.29 is 0 Å². The Balaban J connectivity index is 1.73. The zero-order valence-electron chi connectivity index (χ0n) is 10.9. The molecule has 4 rings (SSSR count). The molecule has 2 aromatic heterocycles. The van der Waals surface area contributed by atoms with Gasteiger partial charge in [0.05, 0.1) is 32.6 Å². The molecule has 0 amide bonds. The lowest BCUT2D eigenvalue weighted by Crippen LogP contribution is -1.90. The van der Waals surface area contributed by atoms with Gasteiger partial charge in [0.25, 0.3) is 0 Å². The van der Waals surface area contributed by atoms with E-state index in [2.05, 4.69) is 21.4 Å². The summed E-state index contributed by atoms with van der Waals surface area (Å²) < 4.78 is 0.996. The number of benzene rings is 2. The monoisotopic (exact) mass is 311 g/mol. The Labute approximate surface area is 130 Å². The van der Waals surface area contributed by atoms with Crippen LogP contribution in [0.3, 0.4) is 0 Å². The molecule has 0 spiro atoms. The van der Waals surface area contributed by atoms with Crippen LogP contribution in [-0.2, 0) is 0 Å². The molecule has 102 valence electrons. The summed E-state index contributed by atoms with van der Waals surface area (Å²) in [5.74, 6) is 0. The Morgan fingerprint density at radius 1 is 1.00 bits per heavy atom. The van der Waals surface area contributed by atoms with E-state index in [-0.39, 0.29) is 0 Å². The molecule has 0 bridgehead atoms. The van der Waals surface area contributed by atoms with Gasteiger partial charge in [-0.05, 0) is 24.3 Å². The molecule has 0 unspecified atom stereocenters. The van der Waals surface area contributed by atoms with Crippen LogP contribution in [0.5, 0.6) is 0 Å². The average Bonchev–Trinajstić information content (AvgIpc) is 2.91. The first-order valence-electron chi connectivity index (χ1n) is 6.46. The van der Waals surface area contributed by atoms with Gasteiger partial charge >= 0.3 is 0 Å². The fraction of sp³-hybridized carbons (Fsp3) is 0. The van der Waals surface area contributed by atoms with E-state index < -0.39 is 0 Å². The van der Waals surface area contributed by atoms with Crippen molar-refractivity contribution in [3.63, 3.8) is 0 Å². The number of anilines is 2. The number of rotatable bonds is 2. The first-order chi connectivity index (χ1) is 10.3. The zero-order valence-corrected chi connectivity index (χ0v) is 12.4. The molecule has 1 N–H and O–H groups in total. The van der Waals surface area contributed by atoms with Gasteiger partial charge in [-0.3, -0.25) is 4.98 Å². The lowest BCUT2D eigenvalue weighted by Gasteiger charge is -2.03. The summed E-state index contributed by atoms with van der Waals surface area (Å²) in [6, 6.07) is 15.8. The Kier molecular flexibility index (Phi) is 2.98. The van der Waals surface area contributed by atoms with Crippen LogP contribution in [0.15, 0.2) is 54.7 Å². The second kappa shape index (κ2) is 4.98. The molecule has 0 saturated carbocycles. The molecule has 4 aromatic rings. The number of para-hydroxylation sites is 1. The third kappa shape index (κ3) is 2.33. The van der Waals surface area contributed by atoms with Crippen LogP contribution >= 0.6 is 22.9 Å². The molecule has 0 aliphatic heterocycles. The van der Waals surface area contributed by atoms with E-state index in [1.165, 1.54) is 0 Å². The minimum atomic E-state index is 0.731. The van der Waals surface area contributed by atoms with E-state index in [0.717, 1.165) is 37.0 Å². The summed E-state index contributed by atoms with van der Waals surface area (Å²) in [6.07, 6.45) is 1.82. The van der Waals surface area contributed by atoms with E-state index >= 15 is 0 Å². The maximum atomic E-state index is 6.18. The first-order valence-corrected chi connectivity index (χ1v) is 7.66. The number of thiazole rings is 1. The quantitative estimate of drug-likeness (QED) is 0.550. The van der Waals surface area contributed by atoms with Gasteiger partial charge < -0.3 is 5.32 Å². The molecule has 0 fully saturated rings. The van der Waals surface area contributed by atoms with E-state index in [1.54, 1.807) is 11.3 Å². The van der Waals surface area contributed by atoms with Crippen molar-refractivity contribution in [2.45, 2.75) is 0 Å². The Hall–Kier alpha value is -2.17. The van der Waals surface area contributed by atoms with Gasteiger partial charge in [0.1, 0.15) is 0 Å². The fourth-order valence-corrected chi connectivity index (χ4v) is 3.41. The number of nitrogens with one attached hydrogen (secondary N) is 1. The van der Waals surface area contributed by atoms with E-state index in [4.69, 9.17) is 11.6 Å². The standard InChI is InChI=1S/C16H10ClN3S/c17-12-5-3-7-14-15(12)21-16(20-14)19-11-8-10-4-1-2-6-13(10)18-9-11/h1-9H,(H,19,20). The SMILES string of the molecule is Clc1cccc2nc(Nc3cnc4ccccc4c3)sc12. The number of halogens is 1. The smallest absolute Gasteiger partial charge is 0.188 e. The van der Waals surface area contributed by atoms with Crippen molar-refractivity contribution in [2.75, 3.05) is 5.32 Å². The van der Waals surface area contributed by atoms with Crippen molar-refractivity contribution in [3.8, 4) is 0 Å². The van der Waals surface area contributed by atoms with Crippen molar-refractivity contribution in [2.24, 2.45) is 0 Å². The summed E-state index contributed by atoms with van der Waals surface area (Å²) in [5.41, 5.74) is 2.81. The number of fused-ring (bicyclic) bond motifs is 2. The number of hydrogen-bond donors (Lipinski definition) is 1. The average molecular weight is 312 g/mol. The summed E-state index contributed by atoms with van der Waals surface area (Å²) in [6.45, 7) is 0. The van der Waals surface area contributed by atoms with Gasteiger partial charge in [0.15, 0.2) is 5.13 Å². The van der Waals surface area contributed by atoms with E-state index in [1.807, 2.05) is 48.7 Å². The second-order valence-electron chi connectivity index (χ2n) is 4.65. The number of hydrogen-bond acceptors (Lipinski definition) is 4. The van der Waals surface area contributed by atoms with E-state index in [9.17, 15) is 0 Å². The lowest BCUT2D eigenvalue weighted by molar-refractivity contribution is 1.38. The third-order valence-electron chi connectivity index (χ3n) is 3.21. The zero-order chi connectivity index (χ0) is 14.2. The van der Waals surface area contributed by atoms with Crippen LogP contribution in [0.4, 0.5) is 10.8 Å². The van der Waals surface area contributed by atoms with Crippen LogP contribution in [0, 0.1) is 0 Å². The van der Waals surface area contributed by atoms with Crippen LogP contribution in [0.25, 0.3) is 21.1 Å². The summed E-state index contributed by atoms with van der Waals surface area (Å²) in [5, 5.41) is 5.94. The highest BCUT2D eigenvalue weighted by molar-refractivity contribution is 7.22. The highest BCUT2D eigenvalue weighted by Crippen LogP contribution is 2.33. The van der Waals surface area contributed by atoms with Crippen molar-refractivity contribution in [1.29, 1.82) is 0 Å². The van der Waals surface area contributed by atoms with Crippen LogP contribution < -0.4 is 5.32 Å². The Morgan fingerprint density at radius 2 is 1.86 bits per heavy atom. The second-order valence-corrected chi connectivity index (χ2v) is 6.06. The van der Waals surface area contributed by atoms with Gasteiger partial charge in [-0.25, -0.2) is 4.98 Å². The molecule has 0 saturated heterocycles. The molecule has 0 radical (unpaired) electrons. The maximum Gasteiger partial charge on any atom is 0.188 e. The van der Waals surface area contributed by atoms with Crippen molar-refractivity contribution in [1.82, 2.24) is 9.97 Å². The summed E-state index contributed by atoms with van der Waals surface area (Å²) >= 11 is 7.72. The lowest BCUT2D eigenvalue weighted by atomic mass is 10.2.